The average molecular weight is 432 g/mol. The summed E-state index contributed by atoms with van der Waals surface area (Å²) in [5.74, 6) is 7.16. The summed E-state index contributed by atoms with van der Waals surface area (Å²) >= 11 is 0. The number of fused-ring (bicyclic) bond motifs is 1. The number of hydrogen-bond donors (Lipinski definition) is 0. The Bertz CT molecular complexity index is 1070. The van der Waals surface area contributed by atoms with Gasteiger partial charge in [-0.25, -0.2) is 0 Å². The Balaban J connectivity index is 1.44. The zero-order valence-corrected chi connectivity index (χ0v) is 18.5. The second-order valence-electron chi connectivity index (χ2n) is 7.75. The summed E-state index contributed by atoms with van der Waals surface area (Å²) in [6, 6.07) is 16.4. The molecule has 0 bridgehead atoms. The fourth-order valence-corrected chi connectivity index (χ4v) is 3.79. The van der Waals surface area contributed by atoms with Crippen LogP contribution in [0.4, 0.5) is 0 Å². The van der Waals surface area contributed by atoms with Crippen LogP contribution in [0.2, 0.25) is 0 Å². The summed E-state index contributed by atoms with van der Waals surface area (Å²) in [5.41, 5.74) is 2.97. The largest absolute Gasteiger partial charge is 0.467 e. The lowest BCUT2D eigenvalue weighted by atomic mass is 10.0. The molecule has 0 amide bonds. The first-order valence-corrected chi connectivity index (χ1v) is 11.1. The highest BCUT2D eigenvalue weighted by molar-refractivity contribution is 5.84. The topological polar surface area (TPSA) is 49.8 Å². The lowest BCUT2D eigenvalue weighted by Crippen LogP contribution is -2.22. The standard InChI is InChI=1S/C27H29NO4/c1-29-20-32-26-18-21(8-4-6-16-30-27-11-5-7-17-31-27)12-13-23(26)19-25-24-10-3-2-9-22(24)14-15-28-25/h2-3,9-10,12-15,18,27H,5-7,11,16-17,19-20H2,1H3. The second kappa shape index (κ2) is 11.6. The molecule has 1 unspecified atom stereocenters. The van der Waals surface area contributed by atoms with Crippen LogP contribution in [0, 0.1) is 11.8 Å². The van der Waals surface area contributed by atoms with Gasteiger partial charge in [0, 0.05) is 49.3 Å². The lowest BCUT2D eigenvalue weighted by molar-refractivity contribution is -0.161. The number of methoxy groups -OCH3 is 1. The quantitative estimate of drug-likeness (QED) is 0.282. The van der Waals surface area contributed by atoms with E-state index < -0.39 is 0 Å². The normalized spacial score (nSPS) is 15.8. The molecule has 2 heterocycles. The van der Waals surface area contributed by atoms with Crippen molar-refractivity contribution in [3.05, 3.63) is 71.5 Å². The van der Waals surface area contributed by atoms with Crippen LogP contribution >= 0.6 is 0 Å². The molecule has 2 aromatic carbocycles. The van der Waals surface area contributed by atoms with Crippen LogP contribution in [-0.4, -0.2) is 38.4 Å². The Labute approximate surface area is 189 Å². The zero-order valence-electron chi connectivity index (χ0n) is 18.5. The average Bonchev–Trinajstić information content (AvgIpc) is 2.84. The molecule has 1 saturated heterocycles. The SMILES string of the molecule is COCOc1cc(C#CCCOC2CCCCO2)ccc1Cc1nccc2ccccc12. The van der Waals surface area contributed by atoms with E-state index in [9.17, 15) is 0 Å². The second-order valence-corrected chi connectivity index (χ2v) is 7.75. The van der Waals surface area contributed by atoms with Crippen LogP contribution in [-0.2, 0) is 20.6 Å². The summed E-state index contributed by atoms with van der Waals surface area (Å²) in [6.07, 6.45) is 6.38. The summed E-state index contributed by atoms with van der Waals surface area (Å²) in [7, 11) is 1.62. The number of aromatic nitrogens is 1. The lowest BCUT2D eigenvalue weighted by Gasteiger charge is -2.22. The first kappa shape index (κ1) is 22.3. The molecule has 0 N–H and O–H groups in total. The molecule has 1 aromatic heterocycles. The maximum atomic E-state index is 5.86. The van der Waals surface area contributed by atoms with Crippen molar-refractivity contribution in [1.82, 2.24) is 4.98 Å². The van der Waals surface area contributed by atoms with Crippen molar-refractivity contribution in [1.29, 1.82) is 0 Å². The summed E-state index contributed by atoms with van der Waals surface area (Å²) in [5, 5.41) is 2.33. The van der Waals surface area contributed by atoms with Gasteiger partial charge in [-0.1, -0.05) is 42.2 Å². The third-order valence-corrected chi connectivity index (χ3v) is 5.41. The summed E-state index contributed by atoms with van der Waals surface area (Å²) in [6.45, 7) is 1.55. The van der Waals surface area contributed by atoms with Crippen molar-refractivity contribution < 1.29 is 18.9 Å². The molecule has 0 aliphatic carbocycles. The molecule has 4 rings (SSSR count). The number of pyridine rings is 1. The Morgan fingerprint density at radius 1 is 1.12 bits per heavy atom. The van der Waals surface area contributed by atoms with E-state index >= 15 is 0 Å². The van der Waals surface area contributed by atoms with E-state index in [2.05, 4.69) is 35.0 Å². The predicted molar refractivity (Wildman–Crippen MR) is 125 cm³/mol. The molecular formula is C27H29NO4. The molecular weight excluding hydrogens is 402 g/mol. The fraction of sp³-hybridized carbons (Fsp3) is 0.370. The Morgan fingerprint density at radius 3 is 2.94 bits per heavy atom. The van der Waals surface area contributed by atoms with Crippen molar-refractivity contribution in [2.45, 2.75) is 38.4 Å². The molecule has 0 radical (unpaired) electrons. The molecule has 5 nitrogen and oxygen atoms in total. The maximum absolute atomic E-state index is 5.86. The number of nitrogens with zero attached hydrogens (tertiary/aromatic N) is 1. The van der Waals surface area contributed by atoms with E-state index in [0.717, 1.165) is 47.4 Å². The van der Waals surface area contributed by atoms with Crippen molar-refractivity contribution >= 4 is 10.8 Å². The van der Waals surface area contributed by atoms with Gasteiger partial charge in [-0.15, -0.1) is 0 Å². The number of hydrogen-bond acceptors (Lipinski definition) is 5. The molecule has 1 fully saturated rings. The smallest absolute Gasteiger partial charge is 0.188 e. The van der Waals surface area contributed by atoms with E-state index in [0.29, 0.717) is 19.4 Å². The molecule has 0 spiro atoms. The van der Waals surface area contributed by atoms with Crippen LogP contribution in [0.15, 0.2) is 54.7 Å². The van der Waals surface area contributed by atoms with Gasteiger partial charge in [0.25, 0.3) is 0 Å². The monoisotopic (exact) mass is 431 g/mol. The van der Waals surface area contributed by atoms with Crippen LogP contribution in [0.3, 0.4) is 0 Å². The minimum Gasteiger partial charge on any atom is -0.467 e. The maximum Gasteiger partial charge on any atom is 0.188 e. The molecule has 0 saturated carbocycles. The highest BCUT2D eigenvalue weighted by atomic mass is 16.7. The highest BCUT2D eigenvalue weighted by Crippen LogP contribution is 2.26. The van der Waals surface area contributed by atoms with Crippen molar-refractivity contribution in [2.24, 2.45) is 0 Å². The van der Waals surface area contributed by atoms with Gasteiger partial charge in [0.2, 0.25) is 0 Å². The molecule has 1 aliphatic rings. The van der Waals surface area contributed by atoms with Gasteiger partial charge >= 0.3 is 0 Å². The Morgan fingerprint density at radius 2 is 2.06 bits per heavy atom. The Kier molecular flexibility index (Phi) is 8.11. The highest BCUT2D eigenvalue weighted by Gasteiger charge is 2.13. The first-order chi connectivity index (χ1) is 15.8. The van der Waals surface area contributed by atoms with Crippen LogP contribution in [0.5, 0.6) is 5.75 Å². The fourth-order valence-electron chi connectivity index (χ4n) is 3.79. The Hall–Kier alpha value is -2.91. The van der Waals surface area contributed by atoms with Gasteiger partial charge in [0.15, 0.2) is 13.1 Å². The number of benzene rings is 2. The predicted octanol–water partition coefficient (Wildman–Crippen LogP) is 5.09. The third-order valence-electron chi connectivity index (χ3n) is 5.41. The first-order valence-electron chi connectivity index (χ1n) is 11.1. The van der Waals surface area contributed by atoms with Crippen molar-refractivity contribution in [3.8, 4) is 17.6 Å². The van der Waals surface area contributed by atoms with Gasteiger partial charge in [0.1, 0.15) is 5.75 Å². The molecule has 1 atom stereocenters. The molecule has 32 heavy (non-hydrogen) atoms. The van der Waals surface area contributed by atoms with E-state index in [1.165, 1.54) is 11.8 Å². The van der Waals surface area contributed by atoms with Crippen LogP contribution in [0.25, 0.3) is 10.8 Å². The van der Waals surface area contributed by atoms with Crippen LogP contribution < -0.4 is 4.74 Å². The molecule has 166 valence electrons. The van der Waals surface area contributed by atoms with Gasteiger partial charge in [-0.05, 0) is 42.8 Å². The zero-order chi connectivity index (χ0) is 22.0. The number of rotatable bonds is 8. The molecule has 3 aromatic rings. The van der Waals surface area contributed by atoms with Gasteiger partial charge in [-0.2, -0.15) is 0 Å². The number of ether oxygens (including phenoxy) is 4. The van der Waals surface area contributed by atoms with Gasteiger partial charge < -0.3 is 18.9 Å². The third kappa shape index (κ3) is 6.08. The van der Waals surface area contributed by atoms with E-state index in [1.807, 2.05) is 36.5 Å². The summed E-state index contributed by atoms with van der Waals surface area (Å²) in [4.78, 5) is 4.62. The van der Waals surface area contributed by atoms with Crippen LogP contribution in [0.1, 0.15) is 42.5 Å². The minimum absolute atomic E-state index is 0.0680. The van der Waals surface area contributed by atoms with E-state index in [1.54, 1.807) is 7.11 Å². The van der Waals surface area contributed by atoms with Gasteiger partial charge in [-0.3, -0.25) is 4.98 Å². The molecule has 5 heteroatoms. The van der Waals surface area contributed by atoms with E-state index in [-0.39, 0.29) is 13.1 Å². The van der Waals surface area contributed by atoms with Gasteiger partial charge in [0.05, 0.1) is 12.3 Å². The van der Waals surface area contributed by atoms with Crippen molar-refractivity contribution in [3.63, 3.8) is 0 Å². The molecule has 1 aliphatic heterocycles. The van der Waals surface area contributed by atoms with E-state index in [4.69, 9.17) is 18.9 Å². The van der Waals surface area contributed by atoms with Crippen molar-refractivity contribution in [2.75, 3.05) is 27.1 Å². The summed E-state index contributed by atoms with van der Waals surface area (Å²) < 4.78 is 22.3. The minimum atomic E-state index is -0.0680.